The van der Waals surface area contributed by atoms with Crippen LogP contribution in [0.4, 0.5) is 13.2 Å². The molecule has 0 bridgehead atoms. The predicted molar refractivity (Wildman–Crippen MR) is 95.5 cm³/mol. The summed E-state index contributed by atoms with van der Waals surface area (Å²) in [4.78, 5) is 3.63. The van der Waals surface area contributed by atoms with Crippen molar-refractivity contribution in [2.24, 2.45) is 5.92 Å². The van der Waals surface area contributed by atoms with Crippen molar-refractivity contribution in [3.63, 3.8) is 0 Å². The Kier molecular flexibility index (Phi) is 7.34. The third-order valence-electron chi connectivity index (χ3n) is 4.58. The number of rotatable bonds is 7. The average molecular weight is 430 g/mol. The van der Waals surface area contributed by atoms with Crippen LogP contribution in [0.25, 0.3) is 0 Å². The minimum absolute atomic E-state index is 0. The summed E-state index contributed by atoms with van der Waals surface area (Å²) in [7, 11) is -3.70. The highest BCUT2D eigenvalue weighted by molar-refractivity contribution is 7.89. The monoisotopic (exact) mass is 429 g/mol. The van der Waals surface area contributed by atoms with Crippen LogP contribution >= 0.6 is 12.4 Å². The van der Waals surface area contributed by atoms with Gasteiger partial charge in [0.2, 0.25) is 15.9 Å². The van der Waals surface area contributed by atoms with E-state index in [1.807, 2.05) is 0 Å². The van der Waals surface area contributed by atoms with E-state index in [1.165, 1.54) is 23.2 Å². The summed E-state index contributed by atoms with van der Waals surface area (Å²) < 4.78 is 67.6. The Hall–Kier alpha value is -1.10. The van der Waals surface area contributed by atoms with E-state index in [0.717, 1.165) is 37.6 Å². The maximum absolute atomic E-state index is 12.6. The van der Waals surface area contributed by atoms with Gasteiger partial charge in [-0.15, -0.1) is 12.4 Å². The van der Waals surface area contributed by atoms with Crippen LogP contribution in [0.2, 0.25) is 0 Å². The van der Waals surface area contributed by atoms with Crippen LogP contribution in [-0.4, -0.2) is 56.2 Å². The van der Waals surface area contributed by atoms with Gasteiger partial charge in [-0.3, -0.25) is 0 Å². The van der Waals surface area contributed by atoms with E-state index in [4.69, 9.17) is 0 Å². The highest BCUT2D eigenvalue weighted by atomic mass is 35.5. The van der Waals surface area contributed by atoms with Crippen LogP contribution in [0.1, 0.15) is 25.7 Å². The van der Waals surface area contributed by atoms with Crippen LogP contribution in [0.3, 0.4) is 0 Å². The molecular formula is C16H23ClF3N3O3S. The molecule has 0 radical (unpaired) electrons. The summed E-state index contributed by atoms with van der Waals surface area (Å²) >= 11 is 0. The molecule has 1 N–H and O–H groups in total. The first-order valence-electron chi connectivity index (χ1n) is 8.63. The van der Waals surface area contributed by atoms with Crippen LogP contribution in [-0.2, 0) is 10.0 Å². The number of alkyl halides is 3. The van der Waals surface area contributed by atoms with E-state index in [0.29, 0.717) is 19.1 Å². The molecule has 2 aliphatic rings. The van der Waals surface area contributed by atoms with E-state index in [9.17, 15) is 21.6 Å². The molecule has 0 atom stereocenters. The molecule has 1 saturated heterocycles. The van der Waals surface area contributed by atoms with Gasteiger partial charge in [0.1, 0.15) is 4.90 Å². The third-order valence-corrected chi connectivity index (χ3v) is 6.46. The normalized spacial score (nSPS) is 19.5. The molecule has 2 heterocycles. The Morgan fingerprint density at radius 1 is 1.19 bits per heavy atom. The molecule has 0 aromatic carbocycles. The molecule has 1 aliphatic carbocycles. The number of pyridine rings is 1. The molecular weight excluding hydrogens is 407 g/mol. The molecule has 1 aromatic rings. The fourth-order valence-electron chi connectivity index (χ4n) is 2.87. The van der Waals surface area contributed by atoms with E-state index in [1.54, 1.807) is 0 Å². The van der Waals surface area contributed by atoms with E-state index in [2.05, 4.69) is 15.0 Å². The fraction of sp³-hybridized carbons (Fsp3) is 0.688. The number of ether oxygens (including phenoxy) is 1. The minimum Gasteiger partial charge on any atom is -0.468 e. The van der Waals surface area contributed by atoms with Crippen molar-refractivity contribution in [1.29, 1.82) is 0 Å². The second kappa shape index (κ2) is 8.93. The standard InChI is InChI=1S/C16H22F3N3O3S.ClH/c17-16(18,19)11-25-15-4-3-14(10-21-15)26(23,24)22-7-5-13(6-8-22)20-9-12-1-2-12;/h3-4,10,12-13,20H,1-2,5-9,11H2;1H. The lowest BCUT2D eigenvalue weighted by Crippen LogP contribution is -2.45. The molecule has 1 aromatic heterocycles. The second-order valence-electron chi connectivity index (χ2n) is 6.77. The predicted octanol–water partition coefficient (Wildman–Crippen LogP) is 2.60. The summed E-state index contributed by atoms with van der Waals surface area (Å²) in [6.45, 7) is 0.363. The number of sulfonamides is 1. The van der Waals surface area contributed by atoms with Crippen molar-refractivity contribution in [3.8, 4) is 5.88 Å². The van der Waals surface area contributed by atoms with E-state index < -0.39 is 22.8 Å². The molecule has 6 nitrogen and oxygen atoms in total. The SMILES string of the molecule is Cl.O=S(=O)(c1ccc(OCC(F)(F)F)nc1)N1CCC(NCC2CC2)CC1. The molecule has 0 unspecified atom stereocenters. The van der Waals surface area contributed by atoms with Crippen LogP contribution in [0.5, 0.6) is 5.88 Å². The number of nitrogens with one attached hydrogen (secondary N) is 1. The Bertz CT molecular complexity index is 704. The number of piperidine rings is 1. The largest absolute Gasteiger partial charge is 0.468 e. The van der Waals surface area contributed by atoms with Gasteiger partial charge in [0.05, 0.1) is 6.20 Å². The zero-order valence-corrected chi connectivity index (χ0v) is 16.2. The lowest BCUT2D eigenvalue weighted by Gasteiger charge is -2.31. The number of hydrogen-bond acceptors (Lipinski definition) is 5. The summed E-state index contributed by atoms with van der Waals surface area (Å²) in [5.41, 5.74) is 0. The van der Waals surface area contributed by atoms with Crippen molar-refractivity contribution in [1.82, 2.24) is 14.6 Å². The fourth-order valence-corrected chi connectivity index (χ4v) is 4.28. The van der Waals surface area contributed by atoms with Gasteiger partial charge in [0.15, 0.2) is 6.61 Å². The first kappa shape index (κ1) is 22.2. The first-order valence-corrected chi connectivity index (χ1v) is 10.1. The number of hydrogen-bond donors (Lipinski definition) is 1. The van der Waals surface area contributed by atoms with Crippen LogP contribution in [0, 0.1) is 5.92 Å². The molecule has 0 amide bonds. The molecule has 2 fully saturated rings. The molecule has 0 spiro atoms. The average Bonchev–Trinajstić information content (AvgIpc) is 3.43. The zero-order valence-electron chi connectivity index (χ0n) is 14.6. The van der Waals surface area contributed by atoms with Gasteiger partial charge in [-0.05, 0) is 44.2 Å². The van der Waals surface area contributed by atoms with Crippen LogP contribution < -0.4 is 10.1 Å². The highest BCUT2D eigenvalue weighted by Gasteiger charge is 2.31. The highest BCUT2D eigenvalue weighted by Crippen LogP contribution is 2.28. The first-order chi connectivity index (χ1) is 12.2. The van der Waals surface area contributed by atoms with E-state index in [-0.39, 0.29) is 23.2 Å². The van der Waals surface area contributed by atoms with E-state index >= 15 is 0 Å². The lowest BCUT2D eigenvalue weighted by molar-refractivity contribution is -0.154. The van der Waals surface area contributed by atoms with Gasteiger partial charge < -0.3 is 10.1 Å². The quantitative estimate of drug-likeness (QED) is 0.721. The Balaban J connectivity index is 0.00000261. The van der Waals surface area contributed by atoms with Crippen molar-refractivity contribution < 1.29 is 26.3 Å². The summed E-state index contributed by atoms with van der Waals surface area (Å²) in [6, 6.07) is 2.70. The van der Waals surface area contributed by atoms with Gasteiger partial charge in [-0.2, -0.15) is 17.5 Å². The van der Waals surface area contributed by atoms with Gasteiger partial charge >= 0.3 is 6.18 Å². The van der Waals surface area contributed by atoms with Crippen LogP contribution in [0.15, 0.2) is 23.2 Å². The molecule has 1 aliphatic heterocycles. The number of halogens is 4. The summed E-state index contributed by atoms with van der Waals surface area (Å²) in [6.07, 6.45) is 0.604. The van der Waals surface area contributed by atoms with Gasteiger partial charge in [-0.1, -0.05) is 0 Å². The van der Waals surface area contributed by atoms with Crippen molar-refractivity contribution in [2.45, 2.75) is 42.8 Å². The van der Waals surface area contributed by atoms with Crippen molar-refractivity contribution >= 4 is 22.4 Å². The Morgan fingerprint density at radius 2 is 1.85 bits per heavy atom. The maximum Gasteiger partial charge on any atom is 0.422 e. The molecule has 154 valence electrons. The lowest BCUT2D eigenvalue weighted by atomic mass is 10.1. The molecule has 1 saturated carbocycles. The minimum atomic E-state index is -4.47. The molecule has 11 heteroatoms. The zero-order chi connectivity index (χ0) is 18.8. The van der Waals surface area contributed by atoms with Crippen molar-refractivity contribution in [3.05, 3.63) is 18.3 Å². The van der Waals surface area contributed by atoms with Crippen molar-refractivity contribution in [2.75, 3.05) is 26.2 Å². The van der Waals surface area contributed by atoms with Gasteiger partial charge in [0, 0.05) is 25.2 Å². The number of aromatic nitrogens is 1. The second-order valence-corrected chi connectivity index (χ2v) is 8.70. The number of nitrogens with zero attached hydrogens (tertiary/aromatic N) is 2. The Morgan fingerprint density at radius 3 is 2.37 bits per heavy atom. The molecule has 3 rings (SSSR count). The maximum atomic E-state index is 12.6. The van der Waals surface area contributed by atoms with Gasteiger partial charge in [0.25, 0.3) is 0 Å². The van der Waals surface area contributed by atoms with Gasteiger partial charge in [-0.25, -0.2) is 13.4 Å². The third kappa shape index (κ3) is 6.48. The Labute approximate surface area is 162 Å². The smallest absolute Gasteiger partial charge is 0.422 e. The molecule has 27 heavy (non-hydrogen) atoms. The topological polar surface area (TPSA) is 71.5 Å². The summed E-state index contributed by atoms with van der Waals surface area (Å²) in [5.74, 6) is 0.519. The summed E-state index contributed by atoms with van der Waals surface area (Å²) in [5, 5.41) is 3.49.